The highest BCUT2D eigenvalue weighted by molar-refractivity contribution is 5.40. The van der Waals surface area contributed by atoms with E-state index in [-0.39, 0.29) is 23.5 Å². The number of alkyl halides is 1. The fraction of sp³-hybridized carbons (Fsp3) is 0.400. The van der Waals surface area contributed by atoms with Gasteiger partial charge in [0.1, 0.15) is 6.67 Å². The van der Waals surface area contributed by atoms with E-state index in [0.29, 0.717) is 0 Å². The standard InChI is InChI=1S/C10H13F2NO2/c1-15-10-7(9(13)5-14)2-6(4-11)3-8(10)12/h2-3,9,14H,4-5,13H2,1H3. The Kier molecular flexibility index (Phi) is 3.99. The normalized spacial score (nSPS) is 12.6. The van der Waals surface area contributed by atoms with E-state index in [1.807, 2.05) is 0 Å². The molecule has 1 aromatic carbocycles. The lowest BCUT2D eigenvalue weighted by molar-refractivity contribution is 0.263. The number of aliphatic hydroxyl groups excluding tert-OH is 1. The van der Waals surface area contributed by atoms with E-state index in [1.165, 1.54) is 13.2 Å². The molecule has 0 aromatic heterocycles. The van der Waals surface area contributed by atoms with Crippen LogP contribution in [0.2, 0.25) is 0 Å². The van der Waals surface area contributed by atoms with Gasteiger partial charge < -0.3 is 15.6 Å². The summed E-state index contributed by atoms with van der Waals surface area (Å²) in [5.41, 5.74) is 5.99. The molecular formula is C10H13F2NO2. The molecule has 0 spiro atoms. The molecule has 84 valence electrons. The van der Waals surface area contributed by atoms with Gasteiger partial charge in [0.25, 0.3) is 0 Å². The van der Waals surface area contributed by atoms with Crippen LogP contribution in [0.3, 0.4) is 0 Å². The van der Waals surface area contributed by atoms with Gasteiger partial charge in [0.15, 0.2) is 11.6 Å². The predicted octanol–water partition coefficient (Wildman–Crippen LogP) is 1.30. The largest absolute Gasteiger partial charge is 0.493 e. The minimum atomic E-state index is -0.786. The molecule has 0 aliphatic carbocycles. The van der Waals surface area contributed by atoms with E-state index >= 15 is 0 Å². The lowest BCUT2D eigenvalue weighted by Gasteiger charge is -2.15. The van der Waals surface area contributed by atoms with Crippen molar-refractivity contribution in [2.45, 2.75) is 12.7 Å². The summed E-state index contributed by atoms with van der Waals surface area (Å²) in [6, 6.07) is 1.66. The van der Waals surface area contributed by atoms with Gasteiger partial charge in [-0.05, 0) is 17.7 Å². The molecule has 1 atom stereocenters. The third-order valence-corrected chi connectivity index (χ3v) is 2.09. The number of ether oxygens (including phenoxy) is 1. The SMILES string of the molecule is COc1c(F)cc(CF)cc1C(N)CO. The number of nitrogens with two attached hydrogens (primary N) is 1. The highest BCUT2D eigenvalue weighted by atomic mass is 19.1. The average molecular weight is 217 g/mol. The molecule has 0 radical (unpaired) electrons. The van der Waals surface area contributed by atoms with Gasteiger partial charge in [-0.2, -0.15) is 0 Å². The molecule has 5 heteroatoms. The van der Waals surface area contributed by atoms with Crippen LogP contribution in [0.25, 0.3) is 0 Å². The van der Waals surface area contributed by atoms with Crippen LogP contribution in [0.1, 0.15) is 17.2 Å². The van der Waals surface area contributed by atoms with Crippen LogP contribution in [0.4, 0.5) is 8.78 Å². The van der Waals surface area contributed by atoms with Gasteiger partial charge >= 0.3 is 0 Å². The second-order valence-electron chi connectivity index (χ2n) is 3.12. The zero-order valence-corrected chi connectivity index (χ0v) is 8.34. The van der Waals surface area contributed by atoms with E-state index in [1.54, 1.807) is 0 Å². The van der Waals surface area contributed by atoms with Crippen molar-refractivity contribution in [2.24, 2.45) is 5.73 Å². The molecule has 3 N–H and O–H groups in total. The van der Waals surface area contributed by atoms with Crippen LogP contribution in [-0.2, 0) is 6.67 Å². The van der Waals surface area contributed by atoms with Gasteiger partial charge in [0.05, 0.1) is 19.8 Å². The van der Waals surface area contributed by atoms with Crippen LogP contribution in [0.15, 0.2) is 12.1 Å². The van der Waals surface area contributed by atoms with E-state index < -0.39 is 18.5 Å². The second-order valence-corrected chi connectivity index (χ2v) is 3.12. The first-order chi connectivity index (χ1) is 7.13. The van der Waals surface area contributed by atoms with Gasteiger partial charge in [-0.1, -0.05) is 0 Å². The maximum absolute atomic E-state index is 13.4. The van der Waals surface area contributed by atoms with Crippen molar-refractivity contribution < 1.29 is 18.6 Å². The molecule has 3 nitrogen and oxygen atoms in total. The molecule has 0 aliphatic heterocycles. The molecule has 1 aromatic rings. The summed E-state index contributed by atoms with van der Waals surface area (Å²) < 4.78 is 30.6. The minimum Gasteiger partial charge on any atom is -0.493 e. The molecule has 0 bridgehead atoms. The summed E-state index contributed by atoms with van der Waals surface area (Å²) in [6.07, 6.45) is 0. The van der Waals surface area contributed by atoms with Crippen LogP contribution in [0.5, 0.6) is 5.75 Å². The number of hydrogen-bond donors (Lipinski definition) is 2. The summed E-state index contributed by atoms with van der Waals surface area (Å²) in [5.74, 6) is -0.722. The maximum atomic E-state index is 13.4. The number of aliphatic hydroxyl groups is 1. The van der Waals surface area contributed by atoms with Gasteiger partial charge in [-0.25, -0.2) is 8.78 Å². The Morgan fingerprint density at radius 1 is 1.53 bits per heavy atom. The van der Waals surface area contributed by atoms with E-state index in [2.05, 4.69) is 0 Å². The Labute approximate surface area is 86.5 Å². The Hall–Kier alpha value is -1.20. The number of halogens is 2. The highest BCUT2D eigenvalue weighted by Gasteiger charge is 2.16. The number of benzene rings is 1. The summed E-state index contributed by atoms with van der Waals surface area (Å²) in [7, 11) is 1.29. The maximum Gasteiger partial charge on any atom is 0.165 e. The Morgan fingerprint density at radius 2 is 2.20 bits per heavy atom. The summed E-state index contributed by atoms with van der Waals surface area (Å²) in [6.45, 7) is -1.14. The second kappa shape index (κ2) is 5.04. The summed E-state index contributed by atoms with van der Waals surface area (Å²) >= 11 is 0. The molecule has 0 fully saturated rings. The topological polar surface area (TPSA) is 55.5 Å². The van der Waals surface area contributed by atoms with Gasteiger partial charge in [-0.3, -0.25) is 0 Å². The van der Waals surface area contributed by atoms with Crippen molar-refractivity contribution in [2.75, 3.05) is 13.7 Å². The fourth-order valence-electron chi connectivity index (χ4n) is 1.34. The monoisotopic (exact) mass is 217 g/mol. The zero-order valence-electron chi connectivity index (χ0n) is 8.34. The smallest absolute Gasteiger partial charge is 0.165 e. The Bertz CT molecular complexity index is 344. The van der Waals surface area contributed by atoms with Crippen LogP contribution >= 0.6 is 0 Å². The van der Waals surface area contributed by atoms with Gasteiger partial charge in [0.2, 0.25) is 0 Å². The van der Waals surface area contributed by atoms with Crippen molar-refractivity contribution in [1.82, 2.24) is 0 Å². The van der Waals surface area contributed by atoms with E-state index in [0.717, 1.165) is 6.07 Å². The van der Waals surface area contributed by atoms with Crippen molar-refractivity contribution >= 4 is 0 Å². The molecule has 0 saturated heterocycles. The van der Waals surface area contributed by atoms with E-state index in [4.69, 9.17) is 15.6 Å². The lowest BCUT2D eigenvalue weighted by atomic mass is 10.0. The van der Waals surface area contributed by atoms with Crippen LogP contribution in [0, 0.1) is 5.82 Å². The van der Waals surface area contributed by atoms with Crippen molar-refractivity contribution in [3.63, 3.8) is 0 Å². The molecule has 0 saturated carbocycles. The van der Waals surface area contributed by atoms with E-state index in [9.17, 15) is 8.78 Å². The third-order valence-electron chi connectivity index (χ3n) is 2.09. The molecular weight excluding hydrogens is 204 g/mol. The number of hydrogen-bond acceptors (Lipinski definition) is 3. The molecule has 0 amide bonds. The minimum absolute atomic E-state index is 0.0475. The molecule has 1 rings (SSSR count). The van der Waals surface area contributed by atoms with Crippen LogP contribution < -0.4 is 10.5 Å². The highest BCUT2D eigenvalue weighted by Crippen LogP contribution is 2.28. The van der Waals surface area contributed by atoms with Crippen LogP contribution in [-0.4, -0.2) is 18.8 Å². The Balaban J connectivity index is 3.25. The predicted molar refractivity (Wildman–Crippen MR) is 51.8 cm³/mol. The average Bonchev–Trinajstić information content (AvgIpc) is 2.26. The van der Waals surface area contributed by atoms with Gasteiger partial charge in [-0.15, -0.1) is 0 Å². The van der Waals surface area contributed by atoms with Gasteiger partial charge in [0, 0.05) is 5.56 Å². The summed E-state index contributed by atoms with van der Waals surface area (Å²) in [5, 5.41) is 8.87. The first kappa shape index (κ1) is 11.9. The van der Waals surface area contributed by atoms with Crippen molar-refractivity contribution in [3.05, 3.63) is 29.1 Å². The molecule has 0 heterocycles. The molecule has 1 unspecified atom stereocenters. The van der Waals surface area contributed by atoms with Crippen molar-refractivity contribution in [3.8, 4) is 5.75 Å². The number of methoxy groups -OCH3 is 1. The fourth-order valence-corrected chi connectivity index (χ4v) is 1.34. The Morgan fingerprint density at radius 3 is 2.67 bits per heavy atom. The molecule has 15 heavy (non-hydrogen) atoms. The first-order valence-electron chi connectivity index (χ1n) is 4.42. The zero-order chi connectivity index (χ0) is 11.4. The quantitative estimate of drug-likeness (QED) is 0.799. The first-order valence-corrected chi connectivity index (χ1v) is 4.42. The third kappa shape index (κ3) is 2.43. The lowest BCUT2D eigenvalue weighted by Crippen LogP contribution is -2.16. The summed E-state index contributed by atoms with van der Waals surface area (Å²) in [4.78, 5) is 0. The van der Waals surface area contributed by atoms with Crippen molar-refractivity contribution in [1.29, 1.82) is 0 Å². The number of rotatable bonds is 4. The molecule has 0 aliphatic rings.